The summed E-state index contributed by atoms with van der Waals surface area (Å²) in [6.45, 7) is 0. The molecule has 14 heavy (non-hydrogen) atoms. The Morgan fingerprint density at radius 2 is 1.57 bits per heavy atom. The monoisotopic (exact) mass is 259 g/mol. The maximum Gasteiger partial charge on any atom is 0.337 e. The van der Waals surface area contributed by atoms with Gasteiger partial charge in [0.2, 0.25) is 0 Å². The van der Waals surface area contributed by atoms with Crippen molar-refractivity contribution in [1.82, 2.24) is 0 Å². The van der Waals surface area contributed by atoms with E-state index in [4.69, 9.17) is 15.9 Å². The van der Waals surface area contributed by atoms with Crippen LogP contribution in [0.25, 0.3) is 0 Å². The van der Waals surface area contributed by atoms with E-state index in [9.17, 15) is 9.59 Å². The van der Waals surface area contributed by atoms with Gasteiger partial charge in [-0.2, -0.15) is 0 Å². The van der Waals surface area contributed by atoms with Crippen LogP contribution in [0.15, 0.2) is 16.6 Å². The van der Waals surface area contributed by atoms with Gasteiger partial charge in [-0.25, -0.2) is 9.59 Å². The van der Waals surface area contributed by atoms with Gasteiger partial charge in [0.25, 0.3) is 0 Å². The minimum Gasteiger partial charge on any atom is -0.478 e. The smallest absolute Gasteiger partial charge is 0.337 e. The van der Waals surface area contributed by atoms with Crippen molar-refractivity contribution < 1.29 is 19.8 Å². The molecule has 0 unspecified atom stereocenters. The van der Waals surface area contributed by atoms with Crippen LogP contribution in [0.5, 0.6) is 0 Å². The summed E-state index contributed by atoms with van der Waals surface area (Å²) in [6, 6.07) is 2.35. The fourth-order valence-electron chi connectivity index (χ4n) is 0.945. The van der Waals surface area contributed by atoms with E-state index in [1.54, 1.807) is 0 Å². The highest BCUT2D eigenvalue weighted by Gasteiger charge is 2.16. The molecule has 0 aliphatic carbocycles. The van der Waals surface area contributed by atoms with E-state index in [-0.39, 0.29) is 21.3 Å². The number of nitrogens with two attached hydrogens (primary N) is 1. The molecule has 1 aromatic carbocycles. The van der Waals surface area contributed by atoms with Crippen molar-refractivity contribution in [2.45, 2.75) is 0 Å². The normalized spacial score (nSPS) is 9.79. The van der Waals surface area contributed by atoms with E-state index in [0.29, 0.717) is 0 Å². The first-order valence-corrected chi connectivity index (χ1v) is 4.29. The predicted octanol–water partition coefficient (Wildman–Crippen LogP) is 1.43. The van der Waals surface area contributed by atoms with Crippen molar-refractivity contribution in [2.75, 3.05) is 5.73 Å². The number of nitrogen functional groups attached to an aromatic ring is 1. The van der Waals surface area contributed by atoms with Gasteiger partial charge in [-0.1, -0.05) is 0 Å². The number of carbonyl (C=O) groups is 2. The number of hydrogen-bond acceptors (Lipinski definition) is 3. The van der Waals surface area contributed by atoms with Crippen molar-refractivity contribution in [3.05, 3.63) is 27.7 Å². The molecule has 0 saturated carbocycles. The molecule has 0 aliphatic heterocycles. The molecule has 0 aromatic heterocycles. The Labute approximate surface area is 87.3 Å². The summed E-state index contributed by atoms with van der Waals surface area (Å²) >= 11 is 2.93. The number of carboxylic acids is 2. The lowest BCUT2D eigenvalue weighted by molar-refractivity contribution is 0.0681. The van der Waals surface area contributed by atoms with E-state index >= 15 is 0 Å². The number of hydrogen-bond donors (Lipinski definition) is 3. The van der Waals surface area contributed by atoms with E-state index in [1.165, 1.54) is 6.07 Å². The van der Waals surface area contributed by atoms with Gasteiger partial charge in [0.1, 0.15) is 0 Å². The molecule has 0 radical (unpaired) electrons. The van der Waals surface area contributed by atoms with E-state index in [2.05, 4.69) is 15.9 Å². The van der Waals surface area contributed by atoms with E-state index in [1.807, 2.05) is 0 Å². The lowest BCUT2D eigenvalue weighted by Crippen LogP contribution is -2.07. The van der Waals surface area contributed by atoms with Gasteiger partial charge in [-0.05, 0) is 28.1 Å². The molecule has 0 saturated heterocycles. The first-order chi connectivity index (χ1) is 6.45. The van der Waals surface area contributed by atoms with Crippen LogP contribution >= 0.6 is 15.9 Å². The predicted molar refractivity (Wildman–Crippen MR) is 52.5 cm³/mol. The highest BCUT2D eigenvalue weighted by Crippen LogP contribution is 2.27. The SMILES string of the molecule is Nc1c(C(=O)O)ccc(C(=O)O)c1Br. The Bertz CT molecular complexity index is 377. The van der Waals surface area contributed by atoms with Crippen molar-refractivity contribution in [2.24, 2.45) is 0 Å². The average Bonchev–Trinajstić information content (AvgIpc) is 2.08. The van der Waals surface area contributed by atoms with Gasteiger partial charge in [0.15, 0.2) is 0 Å². The van der Waals surface area contributed by atoms with Gasteiger partial charge in [0, 0.05) is 0 Å². The third-order valence-electron chi connectivity index (χ3n) is 1.64. The number of anilines is 1. The summed E-state index contributed by atoms with van der Waals surface area (Å²) in [5, 5.41) is 17.4. The minimum absolute atomic E-state index is 0.0625. The van der Waals surface area contributed by atoms with Crippen LogP contribution in [0, 0.1) is 0 Å². The standard InChI is InChI=1S/C8H6BrNO4/c9-5-3(7(11)12)1-2-4(6(5)10)8(13)14/h1-2H,10H2,(H,11,12)(H,13,14). The Morgan fingerprint density at radius 1 is 1.14 bits per heavy atom. The molecule has 0 heterocycles. The first kappa shape index (κ1) is 10.5. The molecule has 0 spiro atoms. The third kappa shape index (κ3) is 1.69. The third-order valence-corrected chi connectivity index (χ3v) is 2.49. The summed E-state index contributed by atoms with van der Waals surface area (Å²) in [5.41, 5.74) is 5.16. The van der Waals surface area contributed by atoms with Crippen LogP contribution in [0.2, 0.25) is 0 Å². The quantitative estimate of drug-likeness (QED) is 0.698. The Morgan fingerprint density at radius 3 is 2.00 bits per heavy atom. The molecule has 0 fully saturated rings. The average molecular weight is 260 g/mol. The molecule has 0 amide bonds. The van der Waals surface area contributed by atoms with Crippen LogP contribution in [0.3, 0.4) is 0 Å². The highest BCUT2D eigenvalue weighted by molar-refractivity contribution is 9.10. The molecule has 0 bridgehead atoms. The van der Waals surface area contributed by atoms with Crippen LogP contribution in [0.4, 0.5) is 5.69 Å². The summed E-state index contributed by atoms with van der Waals surface area (Å²) in [6.07, 6.45) is 0. The van der Waals surface area contributed by atoms with Crippen molar-refractivity contribution in [3.8, 4) is 0 Å². The Hall–Kier alpha value is -1.56. The number of halogens is 1. The zero-order valence-electron chi connectivity index (χ0n) is 6.82. The van der Waals surface area contributed by atoms with Gasteiger partial charge in [-0.15, -0.1) is 0 Å². The minimum atomic E-state index is -1.19. The topological polar surface area (TPSA) is 101 Å². The maximum atomic E-state index is 10.6. The molecule has 6 heteroatoms. The number of carboxylic acid groups (broad SMARTS) is 2. The van der Waals surface area contributed by atoms with Crippen LogP contribution in [-0.4, -0.2) is 22.2 Å². The van der Waals surface area contributed by atoms with Gasteiger partial charge < -0.3 is 15.9 Å². The van der Waals surface area contributed by atoms with Crippen LogP contribution < -0.4 is 5.73 Å². The van der Waals surface area contributed by atoms with Crippen molar-refractivity contribution >= 4 is 33.6 Å². The zero-order chi connectivity index (χ0) is 10.9. The molecule has 74 valence electrons. The molecule has 0 aliphatic rings. The number of benzene rings is 1. The second-order valence-corrected chi connectivity index (χ2v) is 3.29. The van der Waals surface area contributed by atoms with Crippen molar-refractivity contribution in [1.29, 1.82) is 0 Å². The second-order valence-electron chi connectivity index (χ2n) is 2.50. The van der Waals surface area contributed by atoms with Gasteiger partial charge in [-0.3, -0.25) is 0 Å². The summed E-state index contributed by atoms with van der Waals surface area (Å²) in [5.74, 6) is -2.36. The Kier molecular flexibility index (Phi) is 2.76. The number of rotatable bonds is 2. The lowest BCUT2D eigenvalue weighted by Gasteiger charge is -2.05. The summed E-state index contributed by atoms with van der Waals surface area (Å²) in [4.78, 5) is 21.2. The fourth-order valence-corrected chi connectivity index (χ4v) is 1.46. The molecular weight excluding hydrogens is 254 g/mol. The molecule has 4 N–H and O–H groups in total. The largest absolute Gasteiger partial charge is 0.478 e. The highest BCUT2D eigenvalue weighted by atomic mass is 79.9. The zero-order valence-corrected chi connectivity index (χ0v) is 8.41. The van der Waals surface area contributed by atoms with E-state index < -0.39 is 11.9 Å². The van der Waals surface area contributed by atoms with E-state index in [0.717, 1.165) is 6.07 Å². The Balaban J connectivity index is 3.41. The van der Waals surface area contributed by atoms with Gasteiger partial charge in [0.05, 0.1) is 21.3 Å². The molecule has 1 rings (SSSR count). The molecule has 5 nitrogen and oxygen atoms in total. The number of aromatic carboxylic acids is 2. The molecular formula is C8H6BrNO4. The summed E-state index contributed by atoms with van der Waals surface area (Å²) in [7, 11) is 0. The van der Waals surface area contributed by atoms with Crippen LogP contribution in [0.1, 0.15) is 20.7 Å². The fraction of sp³-hybridized carbons (Fsp3) is 0. The van der Waals surface area contributed by atoms with Gasteiger partial charge >= 0.3 is 11.9 Å². The lowest BCUT2D eigenvalue weighted by atomic mass is 10.1. The van der Waals surface area contributed by atoms with Crippen LogP contribution in [-0.2, 0) is 0 Å². The molecule has 0 atom stereocenters. The van der Waals surface area contributed by atoms with Crippen molar-refractivity contribution in [3.63, 3.8) is 0 Å². The molecule has 1 aromatic rings. The maximum absolute atomic E-state index is 10.6. The second kappa shape index (κ2) is 3.67. The first-order valence-electron chi connectivity index (χ1n) is 3.49. The summed E-state index contributed by atoms with van der Waals surface area (Å²) < 4.78 is 0.0879.